The minimum atomic E-state index is -0.372. The lowest BCUT2D eigenvalue weighted by atomic mass is 9.84. The van der Waals surface area contributed by atoms with Crippen molar-refractivity contribution < 1.29 is 0 Å². The maximum absolute atomic E-state index is 4.61. The van der Waals surface area contributed by atoms with Crippen molar-refractivity contribution in [1.29, 1.82) is 0 Å². The van der Waals surface area contributed by atoms with Crippen molar-refractivity contribution in [3.8, 4) is 0 Å². The normalized spacial score (nSPS) is 13.6. The van der Waals surface area contributed by atoms with Crippen molar-refractivity contribution >= 4 is 12.4 Å². The Kier molecular flexibility index (Phi) is 3.83. The number of hydrogen-bond donors (Lipinski definition) is 2. The van der Waals surface area contributed by atoms with E-state index in [4.69, 9.17) is 0 Å². The number of imidazole rings is 2. The van der Waals surface area contributed by atoms with E-state index < -0.39 is 0 Å². The molecule has 0 atom stereocenters. The van der Waals surface area contributed by atoms with Crippen molar-refractivity contribution in [2.75, 3.05) is 0 Å². The number of H-pyrrole nitrogens is 2. The molecule has 0 fully saturated rings. The molecule has 0 aromatic carbocycles. The van der Waals surface area contributed by atoms with Crippen LogP contribution in [0.4, 0.5) is 0 Å². The molecule has 6 heteroatoms. The SMILES string of the molecule is CC(C)(N=Cc1ncc[nH]1)C(C)(C)N=Cc1ncc[nH]1. The van der Waals surface area contributed by atoms with Gasteiger partial charge in [0.15, 0.2) is 0 Å². The highest BCUT2D eigenvalue weighted by Crippen LogP contribution is 2.29. The summed E-state index contributed by atoms with van der Waals surface area (Å²) in [5, 5.41) is 0. The molecular formula is C14H20N6. The van der Waals surface area contributed by atoms with Gasteiger partial charge in [-0.15, -0.1) is 0 Å². The van der Waals surface area contributed by atoms with Crippen LogP contribution in [0, 0.1) is 0 Å². The third-order valence-corrected chi connectivity index (χ3v) is 3.56. The predicted octanol–water partition coefficient (Wildman–Crippen LogP) is 2.23. The van der Waals surface area contributed by atoms with Crippen molar-refractivity contribution in [1.82, 2.24) is 19.9 Å². The fourth-order valence-electron chi connectivity index (χ4n) is 1.46. The Hall–Kier alpha value is -2.24. The fourth-order valence-corrected chi connectivity index (χ4v) is 1.46. The van der Waals surface area contributed by atoms with E-state index in [1.807, 2.05) is 27.7 Å². The monoisotopic (exact) mass is 272 g/mol. The molecule has 106 valence electrons. The van der Waals surface area contributed by atoms with E-state index >= 15 is 0 Å². The number of nitrogens with zero attached hydrogens (tertiary/aromatic N) is 4. The number of rotatable bonds is 5. The summed E-state index contributed by atoms with van der Waals surface area (Å²) >= 11 is 0. The van der Waals surface area contributed by atoms with Gasteiger partial charge in [0.1, 0.15) is 11.6 Å². The van der Waals surface area contributed by atoms with Crippen LogP contribution in [0.25, 0.3) is 0 Å². The summed E-state index contributed by atoms with van der Waals surface area (Å²) in [6.07, 6.45) is 10.4. The first-order chi connectivity index (χ1) is 9.41. The zero-order chi connectivity index (χ0) is 14.6. The number of aromatic amines is 2. The summed E-state index contributed by atoms with van der Waals surface area (Å²) in [5.41, 5.74) is -0.744. The first-order valence-corrected chi connectivity index (χ1v) is 6.50. The second-order valence-corrected chi connectivity index (χ2v) is 5.58. The smallest absolute Gasteiger partial charge is 0.148 e. The number of nitrogens with one attached hydrogen (secondary N) is 2. The average molecular weight is 272 g/mol. The molecule has 2 N–H and O–H groups in total. The second kappa shape index (κ2) is 5.40. The highest BCUT2D eigenvalue weighted by Gasteiger charge is 2.35. The van der Waals surface area contributed by atoms with E-state index in [9.17, 15) is 0 Å². The first-order valence-electron chi connectivity index (χ1n) is 6.50. The lowest BCUT2D eigenvalue weighted by molar-refractivity contribution is 0.317. The van der Waals surface area contributed by atoms with E-state index in [1.165, 1.54) is 0 Å². The summed E-state index contributed by atoms with van der Waals surface area (Å²) in [7, 11) is 0. The Morgan fingerprint density at radius 2 is 1.25 bits per heavy atom. The van der Waals surface area contributed by atoms with E-state index in [-0.39, 0.29) is 11.1 Å². The standard InChI is InChI=1S/C14H20N6/c1-13(2,19-9-11-15-5-6-16-11)14(3,4)20-10-12-17-7-8-18-12/h5-10H,1-4H3,(H,15,16)(H,17,18). The molecule has 0 saturated carbocycles. The summed E-state index contributed by atoms with van der Waals surface area (Å²) in [6, 6.07) is 0. The minimum absolute atomic E-state index is 0.372. The van der Waals surface area contributed by atoms with Crippen molar-refractivity contribution in [3.05, 3.63) is 36.4 Å². The van der Waals surface area contributed by atoms with Gasteiger partial charge in [0.05, 0.1) is 23.5 Å². The fraction of sp³-hybridized carbons (Fsp3) is 0.429. The summed E-state index contributed by atoms with van der Waals surface area (Å²) in [5.74, 6) is 1.48. The number of hydrogen-bond acceptors (Lipinski definition) is 4. The van der Waals surface area contributed by atoms with Crippen LogP contribution in [0.5, 0.6) is 0 Å². The van der Waals surface area contributed by atoms with Crippen molar-refractivity contribution in [3.63, 3.8) is 0 Å². The molecule has 2 aromatic heterocycles. The molecule has 2 heterocycles. The molecule has 0 aliphatic rings. The van der Waals surface area contributed by atoms with E-state index in [0.29, 0.717) is 0 Å². The maximum Gasteiger partial charge on any atom is 0.148 e. The van der Waals surface area contributed by atoms with Crippen LogP contribution in [0.3, 0.4) is 0 Å². The molecule has 0 saturated heterocycles. The summed E-state index contributed by atoms with van der Waals surface area (Å²) < 4.78 is 0. The van der Waals surface area contributed by atoms with Crippen LogP contribution in [0.15, 0.2) is 34.8 Å². The van der Waals surface area contributed by atoms with Gasteiger partial charge >= 0.3 is 0 Å². The molecule has 0 aliphatic heterocycles. The van der Waals surface area contributed by atoms with Crippen LogP contribution in [-0.2, 0) is 0 Å². The summed E-state index contributed by atoms with van der Waals surface area (Å²) in [4.78, 5) is 23.5. The van der Waals surface area contributed by atoms with Gasteiger partial charge in [0, 0.05) is 24.8 Å². The van der Waals surface area contributed by atoms with Crippen LogP contribution in [0.1, 0.15) is 39.3 Å². The van der Waals surface area contributed by atoms with Crippen molar-refractivity contribution in [2.24, 2.45) is 9.98 Å². The van der Waals surface area contributed by atoms with E-state index in [2.05, 4.69) is 29.9 Å². The van der Waals surface area contributed by atoms with Gasteiger partial charge in [0.2, 0.25) is 0 Å². The van der Waals surface area contributed by atoms with Crippen molar-refractivity contribution in [2.45, 2.75) is 38.8 Å². The maximum atomic E-state index is 4.61. The van der Waals surface area contributed by atoms with Gasteiger partial charge in [-0.2, -0.15) is 0 Å². The molecule has 0 spiro atoms. The third kappa shape index (κ3) is 3.20. The highest BCUT2D eigenvalue weighted by molar-refractivity contribution is 5.76. The van der Waals surface area contributed by atoms with E-state index in [0.717, 1.165) is 11.6 Å². The molecule has 0 amide bonds. The van der Waals surface area contributed by atoms with Crippen LogP contribution >= 0.6 is 0 Å². The highest BCUT2D eigenvalue weighted by atomic mass is 15.0. The third-order valence-electron chi connectivity index (χ3n) is 3.56. The van der Waals surface area contributed by atoms with Crippen LogP contribution in [0.2, 0.25) is 0 Å². The van der Waals surface area contributed by atoms with Gasteiger partial charge in [-0.05, 0) is 27.7 Å². The Bertz CT molecular complexity index is 521. The predicted molar refractivity (Wildman–Crippen MR) is 80.5 cm³/mol. The molecule has 0 unspecified atom stereocenters. The Morgan fingerprint density at radius 1 is 0.850 bits per heavy atom. The molecule has 2 rings (SSSR count). The van der Waals surface area contributed by atoms with E-state index in [1.54, 1.807) is 37.2 Å². The Morgan fingerprint density at radius 3 is 1.55 bits per heavy atom. The minimum Gasteiger partial charge on any atom is -0.344 e. The largest absolute Gasteiger partial charge is 0.344 e. The molecule has 6 nitrogen and oxygen atoms in total. The topological polar surface area (TPSA) is 82.1 Å². The Balaban J connectivity index is 2.14. The zero-order valence-corrected chi connectivity index (χ0v) is 12.3. The average Bonchev–Trinajstić information content (AvgIpc) is 3.07. The molecule has 20 heavy (non-hydrogen) atoms. The van der Waals surface area contributed by atoms with Crippen LogP contribution < -0.4 is 0 Å². The molecular weight excluding hydrogens is 252 g/mol. The molecule has 0 aliphatic carbocycles. The zero-order valence-electron chi connectivity index (χ0n) is 12.3. The number of aromatic nitrogens is 4. The second-order valence-electron chi connectivity index (χ2n) is 5.58. The van der Waals surface area contributed by atoms with Crippen LogP contribution in [-0.4, -0.2) is 43.4 Å². The first kappa shape index (κ1) is 14.2. The quantitative estimate of drug-likeness (QED) is 0.818. The van der Waals surface area contributed by atoms with Gasteiger partial charge < -0.3 is 9.97 Å². The molecule has 0 bridgehead atoms. The summed E-state index contributed by atoms with van der Waals surface area (Å²) in [6.45, 7) is 8.19. The van der Waals surface area contributed by atoms with Gasteiger partial charge in [-0.1, -0.05) is 0 Å². The lowest BCUT2D eigenvalue weighted by Crippen LogP contribution is -2.42. The van der Waals surface area contributed by atoms with Gasteiger partial charge in [-0.25, -0.2) is 9.97 Å². The number of aliphatic imine (C=N–C) groups is 2. The molecule has 0 radical (unpaired) electrons. The Labute approximate surface area is 118 Å². The lowest BCUT2D eigenvalue weighted by Gasteiger charge is -2.34. The van der Waals surface area contributed by atoms with Gasteiger partial charge in [0.25, 0.3) is 0 Å². The van der Waals surface area contributed by atoms with Gasteiger partial charge in [-0.3, -0.25) is 9.98 Å². The molecule has 2 aromatic rings.